The Morgan fingerprint density at radius 3 is 2.18 bits per heavy atom. The van der Waals surface area contributed by atoms with Crippen LogP contribution in [0.4, 0.5) is 0 Å². The molecule has 0 aromatic rings. The van der Waals surface area contributed by atoms with Crippen molar-refractivity contribution in [1.29, 1.82) is 0 Å². The van der Waals surface area contributed by atoms with Crippen LogP contribution in [0.3, 0.4) is 0 Å². The third-order valence-electron chi connectivity index (χ3n) is 1.49. The molecular weight excluding hydrogens is 168 g/mol. The van der Waals surface area contributed by atoms with Crippen LogP contribution in [0.1, 0.15) is 45.4 Å². The van der Waals surface area contributed by atoms with E-state index in [1.165, 1.54) is 19.3 Å². The first kappa shape index (κ1) is 14.3. The van der Waals surface area contributed by atoms with E-state index in [1.807, 2.05) is 0 Å². The maximum atomic E-state index is 10.0. The number of aliphatic carboxylic acids is 1. The predicted octanol–water partition coefficient (Wildman–Crippen LogP) is 2.05. The van der Waals surface area contributed by atoms with E-state index in [0.29, 0.717) is 6.42 Å². The molecule has 0 amide bonds. The van der Waals surface area contributed by atoms with Crippen molar-refractivity contribution < 1.29 is 9.90 Å². The van der Waals surface area contributed by atoms with Gasteiger partial charge in [0.05, 0.1) is 0 Å². The fourth-order valence-electron chi connectivity index (χ4n) is 0.880. The van der Waals surface area contributed by atoms with Gasteiger partial charge in [0, 0.05) is 44.2 Å². The van der Waals surface area contributed by atoms with Crippen molar-refractivity contribution in [2.45, 2.75) is 45.4 Å². The normalized spacial score (nSPS) is 8.82. The van der Waals surface area contributed by atoms with Crippen molar-refractivity contribution in [2.24, 2.45) is 0 Å². The Labute approximate surface area is 98.4 Å². The molecular formula is C8H16CaO2. The molecule has 0 rings (SSSR count). The first-order chi connectivity index (χ1) is 4.77. The summed E-state index contributed by atoms with van der Waals surface area (Å²) in [4.78, 5) is 10.0. The molecule has 0 aliphatic heterocycles. The molecule has 62 valence electrons. The zero-order valence-electron chi connectivity index (χ0n) is 7.31. The average molecular weight is 184 g/mol. The number of carboxylic acids is 1. The van der Waals surface area contributed by atoms with Crippen molar-refractivity contribution in [3.05, 3.63) is 0 Å². The topological polar surface area (TPSA) is 37.3 Å². The summed E-state index contributed by atoms with van der Waals surface area (Å²) in [6, 6.07) is 0. The van der Waals surface area contributed by atoms with E-state index in [1.54, 1.807) is 0 Å². The maximum Gasteiger partial charge on any atom is 0.303 e. The van der Waals surface area contributed by atoms with E-state index >= 15 is 0 Å². The third kappa shape index (κ3) is 13.7. The van der Waals surface area contributed by atoms with E-state index in [-0.39, 0.29) is 37.7 Å². The molecule has 0 heterocycles. The SMILES string of the molecule is CCCCCCCC(=O)O.[Ca]. The predicted molar refractivity (Wildman–Crippen MR) is 46.8 cm³/mol. The van der Waals surface area contributed by atoms with Gasteiger partial charge < -0.3 is 5.11 Å². The van der Waals surface area contributed by atoms with Crippen LogP contribution >= 0.6 is 0 Å². The number of hydrogen-bond acceptors (Lipinski definition) is 1. The van der Waals surface area contributed by atoms with Crippen LogP contribution < -0.4 is 0 Å². The number of rotatable bonds is 6. The Kier molecular flexibility index (Phi) is 13.9. The first-order valence-corrected chi connectivity index (χ1v) is 3.99. The molecule has 1 N–H and O–H groups in total. The Balaban J connectivity index is 0. The molecule has 0 spiro atoms. The minimum atomic E-state index is -0.670. The average Bonchev–Trinajstić information content (AvgIpc) is 1.87. The van der Waals surface area contributed by atoms with Gasteiger partial charge in [-0.25, -0.2) is 0 Å². The van der Waals surface area contributed by atoms with E-state index < -0.39 is 5.97 Å². The largest absolute Gasteiger partial charge is 0.481 e. The second-order valence-corrected chi connectivity index (χ2v) is 2.56. The van der Waals surface area contributed by atoms with Gasteiger partial charge in [-0.05, 0) is 6.42 Å². The molecule has 3 heteroatoms. The molecule has 0 fully saturated rings. The molecule has 0 saturated carbocycles. The van der Waals surface area contributed by atoms with E-state index in [9.17, 15) is 4.79 Å². The standard InChI is InChI=1S/C8H16O2.Ca/c1-2-3-4-5-6-7-8(9)10;/h2-7H2,1H3,(H,9,10);. The van der Waals surface area contributed by atoms with Crippen LogP contribution in [-0.2, 0) is 4.79 Å². The number of carbonyl (C=O) groups is 1. The minimum Gasteiger partial charge on any atom is -0.481 e. The molecule has 2 nitrogen and oxygen atoms in total. The van der Waals surface area contributed by atoms with Gasteiger partial charge in [0.25, 0.3) is 0 Å². The smallest absolute Gasteiger partial charge is 0.303 e. The van der Waals surface area contributed by atoms with Gasteiger partial charge in [0.1, 0.15) is 0 Å². The molecule has 0 atom stereocenters. The fourth-order valence-corrected chi connectivity index (χ4v) is 0.880. The third-order valence-corrected chi connectivity index (χ3v) is 1.49. The van der Waals surface area contributed by atoms with E-state index in [0.717, 1.165) is 12.8 Å². The minimum absolute atomic E-state index is 0. The van der Waals surface area contributed by atoms with Gasteiger partial charge in [-0.15, -0.1) is 0 Å². The monoisotopic (exact) mass is 184 g/mol. The van der Waals surface area contributed by atoms with Gasteiger partial charge in [0.15, 0.2) is 0 Å². The Morgan fingerprint density at radius 2 is 1.73 bits per heavy atom. The van der Waals surface area contributed by atoms with Crippen LogP contribution in [0.15, 0.2) is 0 Å². The molecule has 0 aliphatic carbocycles. The second kappa shape index (κ2) is 10.7. The van der Waals surface area contributed by atoms with E-state index in [4.69, 9.17) is 5.11 Å². The van der Waals surface area contributed by atoms with Crippen molar-refractivity contribution in [3.8, 4) is 0 Å². The van der Waals surface area contributed by atoms with Crippen molar-refractivity contribution in [2.75, 3.05) is 0 Å². The van der Waals surface area contributed by atoms with Crippen LogP contribution in [0, 0.1) is 0 Å². The summed E-state index contributed by atoms with van der Waals surface area (Å²) < 4.78 is 0. The summed E-state index contributed by atoms with van der Waals surface area (Å²) in [5.74, 6) is -0.670. The number of hydrogen-bond donors (Lipinski definition) is 1. The maximum absolute atomic E-state index is 10.0. The molecule has 0 saturated heterocycles. The summed E-state index contributed by atoms with van der Waals surface area (Å²) in [7, 11) is 0. The molecule has 0 aliphatic rings. The summed E-state index contributed by atoms with van der Waals surface area (Å²) >= 11 is 0. The Morgan fingerprint density at radius 1 is 1.18 bits per heavy atom. The van der Waals surface area contributed by atoms with Crippen molar-refractivity contribution in [3.63, 3.8) is 0 Å². The molecule has 0 bridgehead atoms. The summed E-state index contributed by atoms with van der Waals surface area (Å²) in [5.41, 5.74) is 0. The quantitative estimate of drug-likeness (QED) is 0.506. The summed E-state index contributed by atoms with van der Waals surface area (Å²) in [6.45, 7) is 2.15. The van der Waals surface area contributed by atoms with Gasteiger partial charge in [-0.1, -0.05) is 32.6 Å². The molecule has 0 aromatic carbocycles. The van der Waals surface area contributed by atoms with Gasteiger partial charge >= 0.3 is 5.97 Å². The second-order valence-electron chi connectivity index (χ2n) is 2.56. The molecule has 11 heavy (non-hydrogen) atoms. The van der Waals surface area contributed by atoms with Crippen LogP contribution in [-0.4, -0.2) is 48.8 Å². The van der Waals surface area contributed by atoms with Gasteiger partial charge in [0.2, 0.25) is 0 Å². The zero-order chi connectivity index (χ0) is 7.82. The van der Waals surface area contributed by atoms with Crippen molar-refractivity contribution >= 4 is 43.7 Å². The number of carboxylic acid groups (broad SMARTS) is 1. The summed E-state index contributed by atoms with van der Waals surface area (Å²) in [6.07, 6.45) is 5.88. The van der Waals surface area contributed by atoms with Gasteiger partial charge in [-0.2, -0.15) is 0 Å². The van der Waals surface area contributed by atoms with Crippen molar-refractivity contribution in [1.82, 2.24) is 0 Å². The van der Waals surface area contributed by atoms with E-state index in [2.05, 4.69) is 6.92 Å². The van der Waals surface area contributed by atoms with Crippen LogP contribution in [0.5, 0.6) is 0 Å². The van der Waals surface area contributed by atoms with Crippen LogP contribution in [0.25, 0.3) is 0 Å². The zero-order valence-corrected chi connectivity index (χ0v) is 9.51. The molecule has 0 aromatic heterocycles. The first-order valence-electron chi connectivity index (χ1n) is 3.99. The molecule has 0 unspecified atom stereocenters. The fraction of sp³-hybridized carbons (Fsp3) is 0.875. The summed E-state index contributed by atoms with van der Waals surface area (Å²) in [5, 5.41) is 8.27. The Hall–Kier alpha value is 0.730. The molecule has 2 radical (unpaired) electrons. The van der Waals surface area contributed by atoms with Gasteiger partial charge in [-0.3, -0.25) is 4.79 Å². The Bertz CT molecular complexity index is 94.1. The number of unbranched alkanes of at least 4 members (excludes halogenated alkanes) is 4. The van der Waals surface area contributed by atoms with Crippen LogP contribution in [0.2, 0.25) is 0 Å².